The molecule has 20 heavy (non-hydrogen) atoms. The summed E-state index contributed by atoms with van der Waals surface area (Å²) >= 11 is 0. The lowest BCUT2D eigenvalue weighted by Crippen LogP contribution is -1.88. The maximum atomic E-state index is 8.86. The minimum atomic E-state index is 0.660. The second kappa shape index (κ2) is 5.33. The average Bonchev–Trinajstić information content (AvgIpc) is 2.56. The van der Waals surface area contributed by atoms with Crippen LogP contribution in [-0.2, 0) is 0 Å². The van der Waals surface area contributed by atoms with Crippen molar-refractivity contribution in [3.8, 4) is 28.5 Å². The number of hydrogen-bond donors (Lipinski definition) is 0. The normalized spacial score (nSPS) is 9.95. The van der Waals surface area contributed by atoms with Gasteiger partial charge in [-0.15, -0.1) is 0 Å². The molecule has 0 saturated heterocycles. The van der Waals surface area contributed by atoms with E-state index >= 15 is 0 Å². The van der Waals surface area contributed by atoms with Crippen molar-refractivity contribution in [2.45, 2.75) is 0 Å². The van der Waals surface area contributed by atoms with Crippen LogP contribution < -0.4 is 0 Å². The molecule has 0 fully saturated rings. The molecule has 3 nitrogen and oxygen atoms in total. The van der Waals surface area contributed by atoms with E-state index in [2.05, 4.69) is 22.1 Å². The molecular formula is C17H11N3. The van der Waals surface area contributed by atoms with Crippen molar-refractivity contribution in [2.75, 3.05) is 0 Å². The number of aromatic nitrogens is 2. The zero-order chi connectivity index (χ0) is 13.8. The lowest BCUT2D eigenvalue weighted by Gasteiger charge is -2.09. The lowest BCUT2D eigenvalue weighted by atomic mass is 9.97. The second-order valence-electron chi connectivity index (χ2n) is 4.33. The molecule has 0 bridgehead atoms. The Hall–Kier alpha value is -2.99. The second-order valence-corrected chi connectivity index (χ2v) is 4.33. The van der Waals surface area contributed by atoms with Gasteiger partial charge in [0.25, 0.3) is 0 Å². The van der Waals surface area contributed by atoms with Crippen LogP contribution in [0.3, 0.4) is 0 Å². The summed E-state index contributed by atoms with van der Waals surface area (Å²) in [5.74, 6) is 0. The third kappa shape index (κ3) is 2.27. The van der Waals surface area contributed by atoms with E-state index in [4.69, 9.17) is 5.26 Å². The molecule has 3 rings (SSSR count). The Labute approximate surface area is 117 Å². The van der Waals surface area contributed by atoms with Crippen LogP contribution in [0.4, 0.5) is 0 Å². The first kappa shape index (κ1) is 12.1. The predicted molar refractivity (Wildman–Crippen MR) is 77.6 cm³/mol. The highest BCUT2D eigenvalue weighted by Gasteiger charge is 2.07. The van der Waals surface area contributed by atoms with Gasteiger partial charge in [-0.25, -0.2) is 9.97 Å². The maximum absolute atomic E-state index is 8.86. The maximum Gasteiger partial charge on any atom is 0.116 e. The van der Waals surface area contributed by atoms with Crippen LogP contribution in [0.2, 0.25) is 0 Å². The van der Waals surface area contributed by atoms with Gasteiger partial charge in [-0.05, 0) is 29.3 Å². The number of benzene rings is 2. The van der Waals surface area contributed by atoms with E-state index in [0.29, 0.717) is 5.56 Å². The predicted octanol–water partition coefficient (Wildman–Crippen LogP) is 3.68. The van der Waals surface area contributed by atoms with E-state index in [0.717, 1.165) is 22.4 Å². The summed E-state index contributed by atoms with van der Waals surface area (Å²) in [5.41, 5.74) is 4.77. The van der Waals surface area contributed by atoms with Crippen molar-refractivity contribution in [1.29, 1.82) is 5.26 Å². The van der Waals surface area contributed by atoms with Gasteiger partial charge in [-0.1, -0.05) is 36.4 Å². The van der Waals surface area contributed by atoms with Crippen LogP contribution in [0.15, 0.2) is 67.1 Å². The van der Waals surface area contributed by atoms with E-state index < -0.39 is 0 Å². The summed E-state index contributed by atoms with van der Waals surface area (Å²) in [6.45, 7) is 0. The van der Waals surface area contributed by atoms with Gasteiger partial charge in [-0.2, -0.15) is 5.26 Å². The smallest absolute Gasteiger partial charge is 0.116 e. The molecule has 0 spiro atoms. The summed E-state index contributed by atoms with van der Waals surface area (Å²) in [5, 5.41) is 8.86. The van der Waals surface area contributed by atoms with Crippen molar-refractivity contribution in [3.05, 3.63) is 72.7 Å². The summed E-state index contributed by atoms with van der Waals surface area (Å²) in [6, 6.07) is 19.7. The van der Waals surface area contributed by atoms with Gasteiger partial charge in [0.2, 0.25) is 0 Å². The molecule has 0 aliphatic rings. The van der Waals surface area contributed by atoms with Gasteiger partial charge in [0, 0.05) is 11.8 Å². The monoisotopic (exact) mass is 257 g/mol. The Kier molecular flexibility index (Phi) is 3.22. The van der Waals surface area contributed by atoms with E-state index in [1.165, 1.54) is 0 Å². The molecule has 0 radical (unpaired) electrons. The number of nitriles is 1. The molecule has 0 N–H and O–H groups in total. The molecule has 2 aromatic carbocycles. The van der Waals surface area contributed by atoms with Crippen LogP contribution in [0.25, 0.3) is 22.4 Å². The average molecular weight is 257 g/mol. The lowest BCUT2D eigenvalue weighted by molar-refractivity contribution is 1.17. The SMILES string of the molecule is N#Cc1ccc(-c2ccccc2-c2ccncn2)cc1. The fourth-order valence-corrected chi connectivity index (χ4v) is 2.13. The van der Waals surface area contributed by atoms with E-state index in [1.807, 2.05) is 48.5 Å². The first-order chi connectivity index (χ1) is 9.88. The minimum Gasteiger partial charge on any atom is -0.245 e. The molecule has 1 heterocycles. The fraction of sp³-hybridized carbons (Fsp3) is 0. The minimum absolute atomic E-state index is 0.660. The molecule has 0 saturated carbocycles. The Morgan fingerprint density at radius 3 is 2.25 bits per heavy atom. The Morgan fingerprint density at radius 2 is 1.60 bits per heavy atom. The zero-order valence-electron chi connectivity index (χ0n) is 10.7. The molecule has 0 aliphatic heterocycles. The van der Waals surface area contributed by atoms with Crippen molar-refractivity contribution < 1.29 is 0 Å². The van der Waals surface area contributed by atoms with E-state index in [9.17, 15) is 0 Å². The van der Waals surface area contributed by atoms with Crippen LogP contribution in [0.1, 0.15) is 5.56 Å². The van der Waals surface area contributed by atoms with Crippen LogP contribution in [0.5, 0.6) is 0 Å². The Balaban J connectivity index is 2.12. The third-order valence-electron chi connectivity index (χ3n) is 3.11. The van der Waals surface area contributed by atoms with Crippen LogP contribution >= 0.6 is 0 Å². The van der Waals surface area contributed by atoms with Gasteiger partial charge >= 0.3 is 0 Å². The highest BCUT2D eigenvalue weighted by atomic mass is 14.8. The Morgan fingerprint density at radius 1 is 0.850 bits per heavy atom. The van der Waals surface area contributed by atoms with Crippen molar-refractivity contribution in [3.63, 3.8) is 0 Å². The quantitative estimate of drug-likeness (QED) is 0.703. The highest BCUT2D eigenvalue weighted by molar-refractivity contribution is 5.81. The molecule has 0 amide bonds. The zero-order valence-corrected chi connectivity index (χ0v) is 10.7. The van der Waals surface area contributed by atoms with Gasteiger partial charge in [0.15, 0.2) is 0 Å². The molecule has 94 valence electrons. The van der Waals surface area contributed by atoms with Gasteiger partial charge in [0.05, 0.1) is 17.3 Å². The highest BCUT2D eigenvalue weighted by Crippen LogP contribution is 2.30. The van der Waals surface area contributed by atoms with Gasteiger partial charge < -0.3 is 0 Å². The summed E-state index contributed by atoms with van der Waals surface area (Å²) < 4.78 is 0. The molecule has 3 aromatic rings. The number of hydrogen-bond acceptors (Lipinski definition) is 3. The van der Waals surface area contributed by atoms with Crippen LogP contribution in [0, 0.1) is 11.3 Å². The first-order valence-corrected chi connectivity index (χ1v) is 6.24. The number of nitrogens with zero attached hydrogens (tertiary/aromatic N) is 3. The number of rotatable bonds is 2. The third-order valence-corrected chi connectivity index (χ3v) is 3.11. The molecule has 1 aromatic heterocycles. The summed E-state index contributed by atoms with van der Waals surface area (Å²) in [6.07, 6.45) is 3.28. The summed E-state index contributed by atoms with van der Waals surface area (Å²) in [7, 11) is 0. The van der Waals surface area contributed by atoms with Crippen molar-refractivity contribution in [1.82, 2.24) is 9.97 Å². The molecule has 0 aliphatic carbocycles. The molecule has 0 unspecified atom stereocenters. The van der Waals surface area contributed by atoms with Gasteiger partial charge in [0.1, 0.15) is 6.33 Å². The van der Waals surface area contributed by atoms with Crippen LogP contribution in [-0.4, -0.2) is 9.97 Å². The van der Waals surface area contributed by atoms with Crippen molar-refractivity contribution in [2.24, 2.45) is 0 Å². The van der Waals surface area contributed by atoms with Gasteiger partial charge in [-0.3, -0.25) is 0 Å². The largest absolute Gasteiger partial charge is 0.245 e. The van der Waals surface area contributed by atoms with E-state index in [-0.39, 0.29) is 0 Å². The van der Waals surface area contributed by atoms with E-state index in [1.54, 1.807) is 12.5 Å². The molecule has 3 heteroatoms. The van der Waals surface area contributed by atoms with Crippen molar-refractivity contribution >= 4 is 0 Å². The Bertz CT molecular complexity index is 756. The fourth-order valence-electron chi connectivity index (χ4n) is 2.13. The topological polar surface area (TPSA) is 49.6 Å². The molecular weight excluding hydrogens is 246 g/mol. The standard InChI is InChI=1S/C17H11N3/c18-11-13-5-7-14(8-6-13)15-3-1-2-4-16(15)17-9-10-19-12-20-17/h1-10,12H. The summed E-state index contributed by atoms with van der Waals surface area (Å²) in [4.78, 5) is 8.25. The first-order valence-electron chi connectivity index (χ1n) is 6.24. The molecule has 0 atom stereocenters.